The second-order valence-corrected chi connectivity index (χ2v) is 5.26. The number of hydrogen-bond donors (Lipinski definition) is 4. The average Bonchev–Trinajstić information content (AvgIpc) is 2.50. The maximum absolute atomic E-state index is 11.5. The van der Waals surface area contributed by atoms with Crippen LogP contribution in [0.2, 0.25) is 0 Å². The van der Waals surface area contributed by atoms with Crippen LogP contribution in [0.4, 0.5) is 4.79 Å². The largest absolute Gasteiger partial charge is 0.481 e. The lowest BCUT2D eigenvalue weighted by Crippen LogP contribution is -2.33. The number of hydrogen-bond acceptors (Lipinski definition) is 3. The minimum Gasteiger partial charge on any atom is -0.481 e. The van der Waals surface area contributed by atoms with Gasteiger partial charge in [0.25, 0.3) is 0 Å². The minimum absolute atomic E-state index is 0.0332. The van der Waals surface area contributed by atoms with E-state index in [2.05, 4.69) is 10.6 Å². The number of carboxylic acid groups (broad SMARTS) is 1. The molecule has 0 aromatic heterocycles. The van der Waals surface area contributed by atoms with Crippen molar-refractivity contribution in [2.24, 2.45) is 5.73 Å². The first-order chi connectivity index (χ1) is 10.9. The van der Waals surface area contributed by atoms with Crippen molar-refractivity contribution in [1.82, 2.24) is 10.6 Å². The third-order valence-electron chi connectivity index (χ3n) is 3.33. The first-order valence-corrected chi connectivity index (χ1v) is 7.55. The Morgan fingerprint density at radius 1 is 1.17 bits per heavy atom. The molecule has 0 aliphatic heterocycles. The monoisotopic (exact) mass is 321 g/mol. The molecule has 7 heteroatoms. The Morgan fingerprint density at radius 2 is 1.83 bits per heavy atom. The van der Waals surface area contributed by atoms with Gasteiger partial charge in [-0.3, -0.25) is 9.59 Å². The molecule has 0 saturated heterocycles. The van der Waals surface area contributed by atoms with Crippen molar-refractivity contribution >= 4 is 17.9 Å². The summed E-state index contributed by atoms with van der Waals surface area (Å²) < 4.78 is 0. The predicted octanol–water partition coefficient (Wildman–Crippen LogP) is 1.68. The molecule has 23 heavy (non-hydrogen) atoms. The van der Waals surface area contributed by atoms with Crippen LogP contribution in [0.5, 0.6) is 0 Å². The standard InChI is InChI=1S/C16H23N3O4/c1-2-3-13(19-16(17)23)12-6-4-11(5-7-12)10-18-14(20)8-9-15(21)22/h4-7,13H,2-3,8-10H2,1H3,(H,18,20)(H,21,22)(H3,17,19,23)/t13-/m1/s1. The molecule has 0 unspecified atom stereocenters. The van der Waals surface area contributed by atoms with E-state index in [1.54, 1.807) is 0 Å². The lowest BCUT2D eigenvalue weighted by atomic mass is 10.0. The summed E-state index contributed by atoms with van der Waals surface area (Å²) in [7, 11) is 0. The summed E-state index contributed by atoms with van der Waals surface area (Å²) in [5, 5.41) is 13.9. The van der Waals surface area contributed by atoms with Crippen LogP contribution in [0.15, 0.2) is 24.3 Å². The van der Waals surface area contributed by atoms with Crippen molar-refractivity contribution in [3.63, 3.8) is 0 Å². The highest BCUT2D eigenvalue weighted by Gasteiger charge is 2.12. The lowest BCUT2D eigenvalue weighted by molar-refractivity contribution is -0.138. The normalized spacial score (nSPS) is 11.5. The molecule has 0 spiro atoms. The highest BCUT2D eigenvalue weighted by molar-refractivity contribution is 5.80. The van der Waals surface area contributed by atoms with Gasteiger partial charge in [0, 0.05) is 13.0 Å². The Labute approximate surface area is 135 Å². The number of urea groups is 1. The second-order valence-electron chi connectivity index (χ2n) is 5.26. The van der Waals surface area contributed by atoms with Crippen LogP contribution in [0, 0.1) is 0 Å². The van der Waals surface area contributed by atoms with E-state index >= 15 is 0 Å². The summed E-state index contributed by atoms with van der Waals surface area (Å²) in [6.07, 6.45) is 1.48. The molecule has 0 fully saturated rings. The number of primary amides is 1. The number of benzene rings is 1. The predicted molar refractivity (Wildman–Crippen MR) is 85.5 cm³/mol. The highest BCUT2D eigenvalue weighted by atomic mass is 16.4. The van der Waals surface area contributed by atoms with E-state index in [9.17, 15) is 14.4 Å². The van der Waals surface area contributed by atoms with Gasteiger partial charge in [0.15, 0.2) is 0 Å². The fourth-order valence-corrected chi connectivity index (χ4v) is 2.16. The molecule has 126 valence electrons. The molecule has 0 radical (unpaired) electrons. The van der Waals surface area contributed by atoms with Gasteiger partial charge >= 0.3 is 12.0 Å². The quantitative estimate of drug-likeness (QED) is 0.552. The Morgan fingerprint density at radius 3 is 2.35 bits per heavy atom. The van der Waals surface area contributed by atoms with Gasteiger partial charge < -0.3 is 21.5 Å². The molecule has 1 aromatic carbocycles. The summed E-state index contributed by atoms with van der Waals surface area (Å²) >= 11 is 0. The number of rotatable bonds is 9. The summed E-state index contributed by atoms with van der Waals surface area (Å²) in [6.45, 7) is 2.36. The Bertz CT molecular complexity index is 543. The van der Waals surface area contributed by atoms with Crippen LogP contribution >= 0.6 is 0 Å². The van der Waals surface area contributed by atoms with E-state index in [-0.39, 0.29) is 24.8 Å². The zero-order chi connectivity index (χ0) is 17.2. The fraction of sp³-hybridized carbons (Fsp3) is 0.438. The summed E-state index contributed by atoms with van der Waals surface area (Å²) in [6, 6.07) is 6.80. The number of nitrogens with one attached hydrogen (secondary N) is 2. The van der Waals surface area contributed by atoms with Crippen LogP contribution in [0.25, 0.3) is 0 Å². The molecule has 0 aliphatic carbocycles. The van der Waals surface area contributed by atoms with E-state index < -0.39 is 12.0 Å². The van der Waals surface area contributed by atoms with Gasteiger partial charge in [0.2, 0.25) is 5.91 Å². The summed E-state index contributed by atoms with van der Waals surface area (Å²) in [5.74, 6) is -1.29. The molecule has 1 atom stereocenters. The maximum Gasteiger partial charge on any atom is 0.312 e. The first-order valence-electron chi connectivity index (χ1n) is 7.55. The van der Waals surface area contributed by atoms with E-state index in [0.717, 1.165) is 24.0 Å². The molecular weight excluding hydrogens is 298 g/mol. The molecule has 5 N–H and O–H groups in total. The van der Waals surface area contributed by atoms with Gasteiger partial charge in [0.1, 0.15) is 0 Å². The fourth-order valence-electron chi connectivity index (χ4n) is 2.16. The Kier molecular flexibility index (Phi) is 7.59. The van der Waals surface area contributed by atoms with Gasteiger partial charge in [-0.15, -0.1) is 0 Å². The average molecular weight is 321 g/mol. The number of amides is 3. The maximum atomic E-state index is 11.5. The van der Waals surface area contributed by atoms with E-state index in [4.69, 9.17) is 10.8 Å². The summed E-state index contributed by atoms with van der Waals surface area (Å²) in [5.41, 5.74) is 7.03. The molecule has 0 aliphatic rings. The van der Waals surface area contributed by atoms with Crippen LogP contribution in [-0.4, -0.2) is 23.0 Å². The van der Waals surface area contributed by atoms with Gasteiger partial charge in [-0.1, -0.05) is 37.6 Å². The smallest absolute Gasteiger partial charge is 0.312 e. The minimum atomic E-state index is -0.992. The molecule has 0 heterocycles. The lowest BCUT2D eigenvalue weighted by Gasteiger charge is -2.17. The van der Waals surface area contributed by atoms with Crippen molar-refractivity contribution in [2.45, 2.75) is 45.2 Å². The molecule has 0 bridgehead atoms. The van der Waals surface area contributed by atoms with E-state index in [1.807, 2.05) is 31.2 Å². The topological polar surface area (TPSA) is 122 Å². The van der Waals surface area contributed by atoms with Crippen LogP contribution in [0.1, 0.15) is 49.8 Å². The van der Waals surface area contributed by atoms with E-state index in [0.29, 0.717) is 6.54 Å². The van der Waals surface area contributed by atoms with Gasteiger partial charge in [-0.05, 0) is 17.5 Å². The van der Waals surface area contributed by atoms with Crippen molar-refractivity contribution < 1.29 is 19.5 Å². The van der Waals surface area contributed by atoms with Crippen molar-refractivity contribution in [2.75, 3.05) is 0 Å². The van der Waals surface area contributed by atoms with E-state index in [1.165, 1.54) is 0 Å². The Balaban J connectivity index is 2.56. The number of carbonyl (C=O) groups excluding carboxylic acids is 2. The highest BCUT2D eigenvalue weighted by Crippen LogP contribution is 2.19. The van der Waals surface area contributed by atoms with Gasteiger partial charge in [-0.25, -0.2) is 4.79 Å². The van der Waals surface area contributed by atoms with Crippen LogP contribution in [0.3, 0.4) is 0 Å². The first kappa shape index (κ1) is 18.5. The molecule has 1 rings (SSSR count). The van der Waals surface area contributed by atoms with Crippen LogP contribution < -0.4 is 16.4 Å². The zero-order valence-corrected chi connectivity index (χ0v) is 13.2. The SMILES string of the molecule is CCC[C@@H](NC(N)=O)c1ccc(CNC(=O)CCC(=O)O)cc1. The van der Waals surface area contributed by atoms with Crippen LogP contribution in [-0.2, 0) is 16.1 Å². The number of carbonyl (C=O) groups is 3. The molecule has 1 aromatic rings. The third-order valence-corrected chi connectivity index (χ3v) is 3.33. The summed E-state index contributed by atoms with van der Waals surface area (Å²) in [4.78, 5) is 32.9. The number of nitrogens with two attached hydrogens (primary N) is 1. The number of carboxylic acids is 1. The van der Waals surface area contributed by atoms with Gasteiger partial charge in [-0.2, -0.15) is 0 Å². The molecule has 7 nitrogen and oxygen atoms in total. The second kappa shape index (κ2) is 9.45. The van der Waals surface area contributed by atoms with Crippen molar-refractivity contribution in [3.05, 3.63) is 35.4 Å². The molecular formula is C16H23N3O4. The van der Waals surface area contributed by atoms with Gasteiger partial charge in [0.05, 0.1) is 12.5 Å². The number of aliphatic carboxylic acids is 1. The van der Waals surface area contributed by atoms with Crippen molar-refractivity contribution in [3.8, 4) is 0 Å². The van der Waals surface area contributed by atoms with Crippen molar-refractivity contribution in [1.29, 1.82) is 0 Å². The zero-order valence-electron chi connectivity index (χ0n) is 13.2. The molecule has 3 amide bonds. The third kappa shape index (κ3) is 7.30. The molecule has 0 saturated carbocycles. The Hall–Kier alpha value is -2.57.